The lowest BCUT2D eigenvalue weighted by atomic mass is 10.3. The van der Waals surface area contributed by atoms with Crippen molar-refractivity contribution in [2.45, 2.75) is 6.92 Å². The molecule has 5 heteroatoms. The third-order valence-electron chi connectivity index (χ3n) is 1.00. The van der Waals surface area contributed by atoms with Crippen LogP contribution in [-0.4, -0.2) is 29.7 Å². The Balaban J connectivity index is 3.89. The van der Waals surface area contributed by atoms with E-state index in [1.807, 2.05) is 0 Å². The number of carbonyl (C=O) groups excluding carboxylic acids is 1. The molecular weight excluding hydrogens is 160 g/mol. The van der Waals surface area contributed by atoms with Crippen molar-refractivity contribution < 1.29 is 14.7 Å². The second-order valence-electron chi connectivity index (χ2n) is 2.14. The molecule has 0 aromatic carbocycles. The molecule has 0 fully saturated rings. The predicted octanol–water partition coefficient (Wildman–Crippen LogP) is -0.217. The van der Waals surface area contributed by atoms with Crippen LogP contribution in [0.5, 0.6) is 0 Å². The van der Waals surface area contributed by atoms with Crippen LogP contribution in [0.2, 0.25) is 0 Å². The normalized spacial score (nSPS) is 10.6. The van der Waals surface area contributed by atoms with Gasteiger partial charge < -0.3 is 15.8 Å². The van der Waals surface area contributed by atoms with Gasteiger partial charge in [0.25, 0.3) is 0 Å². The topological polar surface area (TPSA) is 90.3 Å². The summed E-state index contributed by atoms with van der Waals surface area (Å²) in [5.74, 6) is -1.59. The highest BCUT2D eigenvalue weighted by Gasteiger charge is 1.99. The number of carboxylic acid groups (broad SMARTS) is 1. The molecule has 0 radical (unpaired) electrons. The number of rotatable bonds is 4. The summed E-state index contributed by atoms with van der Waals surface area (Å²) >= 11 is 0. The third kappa shape index (κ3) is 5.16. The fraction of sp³-hybridized carbons (Fsp3) is 0.286. The van der Waals surface area contributed by atoms with Gasteiger partial charge in [-0.25, -0.2) is 0 Å². The lowest BCUT2D eigenvalue weighted by Crippen LogP contribution is -2.27. The number of amides is 1. The zero-order valence-corrected chi connectivity index (χ0v) is 6.63. The lowest BCUT2D eigenvalue weighted by molar-refractivity contribution is -0.137. The highest BCUT2D eigenvalue weighted by Crippen LogP contribution is 1.84. The third-order valence-corrected chi connectivity index (χ3v) is 1.00. The first kappa shape index (κ1) is 10.3. The first-order valence-electron chi connectivity index (χ1n) is 3.24. The van der Waals surface area contributed by atoms with Gasteiger partial charge in [0.05, 0.1) is 0 Å². The molecule has 0 unspecified atom stereocenters. The molecular formula is C7H10N2O3. The van der Waals surface area contributed by atoms with Gasteiger partial charge in [-0.2, -0.15) is 0 Å². The number of aliphatic carboxylic acids is 1. The molecule has 0 aromatic rings. The van der Waals surface area contributed by atoms with E-state index in [9.17, 15) is 9.59 Å². The van der Waals surface area contributed by atoms with E-state index in [1.54, 1.807) is 6.92 Å². The maximum absolute atomic E-state index is 10.8. The van der Waals surface area contributed by atoms with E-state index in [1.165, 1.54) is 0 Å². The van der Waals surface area contributed by atoms with Crippen LogP contribution in [0, 0.1) is 5.41 Å². The number of carboxylic acids is 1. The largest absolute Gasteiger partial charge is 0.480 e. The molecule has 5 nitrogen and oxygen atoms in total. The molecule has 0 saturated carbocycles. The molecule has 3 N–H and O–H groups in total. The van der Waals surface area contributed by atoms with Crippen LogP contribution in [0.25, 0.3) is 0 Å². The van der Waals surface area contributed by atoms with Gasteiger partial charge in [-0.05, 0) is 12.5 Å². The van der Waals surface area contributed by atoms with E-state index >= 15 is 0 Å². The first-order valence-corrected chi connectivity index (χ1v) is 3.24. The maximum atomic E-state index is 10.8. The van der Waals surface area contributed by atoms with Crippen LogP contribution in [0.4, 0.5) is 0 Å². The first-order chi connectivity index (χ1) is 5.56. The Morgan fingerprint density at radius 3 is 2.58 bits per heavy atom. The summed E-state index contributed by atoms with van der Waals surface area (Å²) in [5.41, 5.74) is 0.470. The Hall–Kier alpha value is -1.65. The van der Waals surface area contributed by atoms with E-state index in [2.05, 4.69) is 5.32 Å². The maximum Gasteiger partial charge on any atom is 0.322 e. The minimum absolute atomic E-state index is 0.402. The van der Waals surface area contributed by atoms with Crippen LogP contribution in [0.3, 0.4) is 0 Å². The molecule has 0 atom stereocenters. The molecule has 0 rings (SSSR count). The zero-order valence-electron chi connectivity index (χ0n) is 6.63. The Labute approximate surface area is 69.6 Å². The molecule has 0 aliphatic heterocycles. The SMILES string of the molecule is CC(C=N)=CC(=O)NCC(=O)O. The fourth-order valence-corrected chi connectivity index (χ4v) is 0.462. The number of hydrogen-bond acceptors (Lipinski definition) is 3. The van der Waals surface area contributed by atoms with E-state index in [-0.39, 0.29) is 0 Å². The van der Waals surface area contributed by atoms with Crippen molar-refractivity contribution in [3.05, 3.63) is 11.6 Å². The number of nitrogens with one attached hydrogen (secondary N) is 2. The fourth-order valence-electron chi connectivity index (χ4n) is 0.462. The molecule has 0 aliphatic carbocycles. The van der Waals surface area contributed by atoms with Gasteiger partial charge in [-0.15, -0.1) is 0 Å². The monoisotopic (exact) mass is 170 g/mol. The minimum atomic E-state index is -1.09. The van der Waals surface area contributed by atoms with Gasteiger partial charge >= 0.3 is 5.97 Å². The van der Waals surface area contributed by atoms with Gasteiger partial charge in [-0.3, -0.25) is 9.59 Å². The van der Waals surface area contributed by atoms with Crippen molar-refractivity contribution in [2.75, 3.05) is 6.54 Å². The van der Waals surface area contributed by atoms with Crippen LogP contribution in [0.15, 0.2) is 11.6 Å². The molecule has 0 saturated heterocycles. The standard InChI is InChI=1S/C7H10N2O3/c1-5(3-8)2-6(10)9-4-7(11)12/h2-3,8H,4H2,1H3,(H,9,10)(H,11,12). The summed E-state index contributed by atoms with van der Waals surface area (Å²) in [6.07, 6.45) is 2.18. The Morgan fingerprint density at radius 1 is 1.58 bits per heavy atom. The van der Waals surface area contributed by atoms with Crippen LogP contribution >= 0.6 is 0 Å². The molecule has 0 aromatic heterocycles. The van der Waals surface area contributed by atoms with Crippen molar-refractivity contribution in [3.63, 3.8) is 0 Å². The van der Waals surface area contributed by atoms with Crippen molar-refractivity contribution in [3.8, 4) is 0 Å². The highest BCUT2D eigenvalue weighted by molar-refractivity contribution is 5.94. The second-order valence-corrected chi connectivity index (χ2v) is 2.14. The average molecular weight is 170 g/mol. The molecule has 0 spiro atoms. The van der Waals surface area contributed by atoms with Gasteiger partial charge in [0.1, 0.15) is 6.54 Å². The van der Waals surface area contributed by atoms with Crippen molar-refractivity contribution in [1.82, 2.24) is 5.32 Å². The van der Waals surface area contributed by atoms with Crippen molar-refractivity contribution in [2.24, 2.45) is 0 Å². The summed E-state index contributed by atoms with van der Waals surface area (Å²) in [7, 11) is 0. The Bertz CT molecular complexity index is 233. The quantitative estimate of drug-likeness (QED) is 0.402. The molecule has 0 bridgehead atoms. The number of carbonyl (C=O) groups is 2. The molecule has 66 valence electrons. The predicted molar refractivity (Wildman–Crippen MR) is 43.2 cm³/mol. The zero-order chi connectivity index (χ0) is 9.56. The minimum Gasteiger partial charge on any atom is -0.480 e. The van der Waals surface area contributed by atoms with E-state index in [0.29, 0.717) is 5.57 Å². The van der Waals surface area contributed by atoms with E-state index in [0.717, 1.165) is 12.3 Å². The summed E-state index contributed by atoms with van der Waals surface area (Å²) in [6.45, 7) is 1.17. The van der Waals surface area contributed by atoms with Crippen LogP contribution in [0.1, 0.15) is 6.92 Å². The lowest BCUT2D eigenvalue weighted by Gasteiger charge is -1.96. The summed E-state index contributed by atoms with van der Waals surface area (Å²) in [5, 5.41) is 17.0. The van der Waals surface area contributed by atoms with E-state index in [4.69, 9.17) is 10.5 Å². The summed E-state index contributed by atoms with van der Waals surface area (Å²) < 4.78 is 0. The molecule has 1 amide bonds. The van der Waals surface area contributed by atoms with Crippen molar-refractivity contribution in [1.29, 1.82) is 5.41 Å². The molecule has 0 aliphatic rings. The second kappa shape index (κ2) is 5.06. The van der Waals surface area contributed by atoms with E-state index < -0.39 is 18.4 Å². The Morgan fingerprint density at radius 2 is 2.17 bits per heavy atom. The summed E-state index contributed by atoms with van der Waals surface area (Å²) in [6, 6.07) is 0. The highest BCUT2D eigenvalue weighted by atomic mass is 16.4. The number of hydrogen-bond donors (Lipinski definition) is 3. The average Bonchev–Trinajstić information content (AvgIpc) is 2.00. The van der Waals surface area contributed by atoms with Crippen LogP contribution < -0.4 is 5.32 Å². The van der Waals surface area contributed by atoms with Gasteiger partial charge in [0.2, 0.25) is 5.91 Å². The molecule has 12 heavy (non-hydrogen) atoms. The van der Waals surface area contributed by atoms with Gasteiger partial charge in [-0.1, -0.05) is 0 Å². The number of allylic oxidation sites excluding steroid dienone is 1. The molecule has 0 heterocycles. The van der Waals surface area contributed by atoms with Crippen molar-refractivity contribution >= 4 is 18.1 Å². The van der Waals surface area contributed by atoms with Crippen LogP contribution in [-0.2, 0) is 9.59 Å². The Kier molecular flexibility index (Phi) is 4.36. The smallest absolute Gasteiger partial charge is 0.322 e. The van der Waals surface area contributed by atoms with Gasteiger partial charge in [0.15, 0.2) is 0 Å². The van der Waals surface area contributed by atoms with Gasteiger partial charge in [0, 0.05) is 12.3 Å². The summed E-state index contributed by atoms with van der Waals surface area (Å²) in [4.78, 5) is 20.7.